The molecule has 1 aliphatic rings. The maximum Gasteiger partial charge on any atom is 0.253 e. The fourth-order valence-corrected chi connectivity index (χ4v) is 3.61. The Morgan fingerprint density at radius 3 is 2.89 bits per heavy atom. The lowest BCUT2D eigenvalue weighted by molar-refractivity contribution is 0.0950. The molecule has 1 aromatic heterocycles. The van der Waals surface area contributed by atoms with Crippen LogP contribution in [0.2, 0.25) is 0 Å². The van der Waals surface area contributed by atoms with Crippen LogP contribution in [0.5, 0.6) is 0 Å². The number of amides is 1. The zero-order valence-electron chi connectivity index (χ0n) is 15.5. The molecule has 136 valence electrons. The maximum atomic E-state index is 12.6. The first-order valence-electron chi connectivity index (χ1n) is 9.35. The molecule has 0 bridgehead atoms. The lowest BCUT2D eigenvalue weighted by atomic mass is 10.0. The Balaban J connectivity index is 1.52. The van der Waals surface area contributed by atoms with Crippen LogP contribution in [0.15, 0.2) is 67.0 Å². The van der Waals surface area contributed by atoms with Crippen molar-refractivity contribution in [1.82, 2.24) is 10.3 Å². The number of fused-ring (bicyclic) bond motifs is 1. The van der Waals surface area contributed by atoms with Crippen LogP contribution in [0.3, 0.4) is 0 Å². The molecule has 27 heavy (non-hydrogen) atoms. The fraction of sp³-hybridized carbons (Fsp3) is 0.217. The molecule has 0 unspecified atom stereocenters. The van der Waals surface area contributed by atoms with E-state index in [2.05, 4.69) is 58.5 Å². The second-order valence-electron chi connectivity index (χ2n) is 6.99. The summed E-state index contributed by atoms with van der Waals surface area (Å²) >= 11 is 0. The average Bonchev–Trinajstić information content (AvgIpc) is 2.72. The molecule has 0 saturated heterocycles. The van der Waals surface area contributed by atoms with E-state index in [1.165, 1.54) is 16.8 Å². The minimum absolute atomic E-state index is 0.101. The van der Waals surface area contributed by atoms with Gasteiger partial charge in [0.1, 0.15) is 0 Å². The molecule has 3 aromatic rings. The van der Waals surface area contributed by atoms with Gasteiger partial charge < -0.3 is 10.2 Å². The second kappa shape index (κ2) is 7.62. The van der Waals surface area contributed by atoms with E-state index < -0.39 is 0 Å². The highest BCUT2D eigenvalue weighted by atomic mass is 16.1. The van der Waals surface area contributed by atoms with E-state index >= 15 is 0 Å². The van der Waals surface area contributed by atoms with Crippen molar-refractivity contribution in [3.05, 3.63) is 89.2 Å². The van der Waals surface area contributed by atoms with E-state index in [4.69, 9.17) is 0 Å². The van der Waals surface area contributed by atoms with E-state index in [9.17, 15) is 4.79 Å². The van der Waals surface area contributed by atoms with Crippen LogP contribution >= 0.6 is 0 Å². The van der Waals surface area contributed by atoms with Gasteiger partial charge in [0.25, 0.3) is 5.91 Å². The molecule has 0 atom stereocenters. The number of pyridine rings is 1. The Hall–Kier alpha value is -3.14. The third kappa shape index (κ3) is 3.85. The topological polar surface area (TPSA) is 45.2 Å². The molecule has 0 aliphatic carbocycles. The van der Waals surface area contributed by atoms with E-state index in [0.717, 1.165) is 30.6 Å². The summed E-state index contributed by atoms with van der Waals surface area (Å²) in [5, 5.41) is 2.99. The van der Waals surface area contributed by atoms with Gasteiger partial charge in [0.05, 0.1) is 17.4 Å². The van der Waals surface area contributed by atoms with Gasteiger partial charge in [-0.2, -0.15) is 0 Å². The SMILES string of the molecule is Cc1cccc(CNC(=O)c2cncc(N3CCCc4ccccc43)c2)c1. The van der Waals surface area contributed by atoms with Crippen LogP contribution in [0.25, 0.3) is 0 Å². The highest BCUT2D eigenvalue weighted by molar-refractivity contribution is 5.95. The predicted molar refractivity (Wildman–Crippen MR) is 108 cm³/mol. The summed E-state index contributed by atoms with van der Waals surface area (Å²) in [4.78, 5) is 19.2. The Bertz CT molecular complexity index is 967. The molecule has 0 fully saturated rings. The highest BCUT2D eigenvalue weighted by Gasteiger charge is 2.19. The number of benzene rings is 2. The molecule has 0 spiro atoms. The van der Waals surface area contributed by atoms with Crippen LogP contribution in [-0.2, 0) is 13.0 Å². The van der Waals surface area contributed by atoms with Crippen molar-refractivity contribution >= 4 is 17.3 Å². The van der Waals surface area contributed by atoms with Crippen molar-refractivity contribution in [3.63, 3.8) is 0 Å². The minimum atomic E-state index is -0.101. The largest absolute Gasteiger partial charge is 0.348 e. The van der Waals surface area contributed by atoms with Gasteiger partial charge in [-0.25, -0.2) is 0 Å². The average molecular weight is 357 g/mol. The molecule has 4 heteroatoms. The number of nitrogens with zero attached hydrogens (tertiary/aromatic N) is 2. The molecule has 1 aliphatic heterocycles. The lowest BCUT2D eigenvalue weighted by Gasteiger charge is -2.31. The summed E-state index contributed by atoms with van der Waals surface area (Å²) < 4.78 is 0. The number of aromatic nitrogens is 1. The summed E-state index contributed by atoms with van der Waals surface area (Å²) in [5.41, 5.74) is 6.39. The number of anilines is 2. The summed E-state index contributed by atoms with van der Waals surface area (Å²) in [7, 11) is 0. The number of rotatable bonds is 4. The third-order valence-corrected chi connectivity index (χ3v) is 4.94. The predicted octanol–water partition coefficient (Wildman–Crippen LogP) is 4.40. The summed E-state index contributed by atoms with van der Waals surface area (Å²) in [6.07, 6.45) is 5.65. The van der Waals surface area contributed by atoms with Gasteiger partial charge in [0, 0.05) is 25.0 Å². The zero-order valence-corrected chi connectivity index (χ0v) is 15.5. The van der Waals surface area contributed by atoms with Gasteiger partial charge in [-0.1, -0.05) is 48.0 Å². The molecular weight excluding hydrogens is 334 g/mol. The first-order valence-corrected chi connectivity index (χ1v) is 9.35. The molecule has 4 nitrogen and oxygen atoms in total. The van der Waals surface area contributed by atoms with E-state index in [0.29, 0.717) is 12.1 Å². The number of aryl methyl sites for hydroxylation is 2. The number of nitrogens with one attached hydrogen (secondary N) is 1. The van der Waals surface area contributed by atoms with Gasteiger partial charge in [0.15, 0.2) is 0 Å². The number of carbonyl (C=O) groups is 1. The van der Waals surface area contributed by atoms with Crippen molar-refractivity contribution in [1.29, 1.82) is 0 Å². The third-order valence-electron chi connectivity index (χ3n) is 4.94. The van der Waals surface area contributed by atoms with Gasteiger partial charge in [0.2, 0.25) is 0 Å². The second-order valence-corrected chi connectivity index (χ2v) is 6.99. The Morgan fingerprint density at radius 2 is 2.00 bits per heavy atom. The van der Waals surface area contributed by atoms with Crippen molar-refractivity contribution in [2.24, 2.45) is 0 Å². The van der Waals surface area contributed by atoms with Gasteiger partial charge in [-0.3, -0.25) is 9.78 Å². The molecule has 0 radical (unpaired) electrons. The summed E-state index contributed by atoms with van der Waals surface area (Å²) in [6, 6.07) is 18.5. The van der Waals surface area contributed by atoms with Crippen LogP contribution in [-0.4, -0.2) is 17.4 Å². The van der Waals surface area contributed by atoms with E-state index in [1.54, 1.807) is 6.20 Å². The monoisotopic (exact) mass is 357 g/mol. The number of hydrogen-bond acceptors (Lipinski definition) is 3. The van der Waals surface area contributed by atoms with E-state index in [-0.39, 0.29) is 5.91 Å². The first kappa shape index (κ1) is 17.3. The number of carbonyl (C=O) groups excluding carboxylic acids is 1. The lowest BCUT2D eigenvalue weighted by Crippen LogP contribution is -2.26. The van der Waals surface area contributed by atoms with Crippen molar-refractivity contribution < 1.29 is 4.79 Å². The Kier molecular flexibility index (Phi) is 4.88. The molecule has 2 heterocycles. The number of para-hydroxylation sites is 1. The maximum absolute atomic E-state index is 12.6. The minimum Gasteiger partial charge on any atom is -0.348 e. The molecule has 4 rings (SSSR count). The summed E-state index contributed by atoms with van der Waals surface area (Å²) in [6.45, 7) is 3.50. The number of hydrogen-bond donors (Lipinski definition) is 1. The molecule has 2 aromatic carbocycles. The van der Waals surface area contributed by atoms with Crippen molar-refractivity contribution in [3.8, 4) is 0 Å². The van der Waals surface area contributed by atoms with Crippen LogP contribution in [0.4, 0.5) is 11.4 Å². The normalized spacial score (nSPS) is 13.1. The Morgan fingerprint density at radius 1 is 1.11 bits per heavy atom. The quantitative estimate of drug-likeness (QED) is 0.752. The van der Waals surface area contributed by atoms with Crippen LogP contribution in [0, 0.1) is 6.92 Å². The Labute approximate surface area is 159 Å². The standard InChI is InChI=1S/C23H23N3O/c1-17-6-4-7-18(12-17)14-25-23(27)20-13-21(16-24-15-20)26-11-5-9-19-8-2-3-10-22(19)26/h2-4,6-8,10,12-13,15-16H,5,9,11,14H2,1H3,(H,25,27). The smallest absolute Gasteiger partial charge is 0.253 e. The molecular formula is C23H23N3O. The molecule has 1 N–H and O–H groups in total. The summed E-state index contributed by atoms with van der Waals surface area (Å²) in [5.74, 6) is -0.101. The van der Waals surface area contributed by atoms with Gasteiger partial charge in [-0.05, 0) is 43.0 Å². The highest BCUT2D eigenvalue weighted by Crippen LogP contribution is 2.33. The van der Waals surface area contributed by atoms with E-state index in [1.807, 2.05) is 24.4 Å². The van der Waals surface area contributed by atoms with Gasteiger partial charge >= 0.3 is 0 Å². The molecule has 0 saturated carbocycles. The van der Waals surface area contributed by atoms with Crippen molar-refractivity contribution in [2.75, 3.05) is 11.4 Å². The molecule has 1 amide bonds. The first-order chi connectivity index (χ1) is 13.2. The fourth-order valence-electron chi connectivity index (χ4n) is 3.61. The van der Waals surface area contributed by atoms with Crippen molar-refractivity contribution in [2.45, 2.75) is 26.3 Å². The van der Waals surface area contributed by atoms with Crippen LogP contribution in [0.1, 0.15) is 33.5 Å². The zero-order chi connectivity index (χ0) is 18.6. The van der Waals surface area contributed by atoms with Gasteiger partial charge in [-0.15, -0.1) is 0 Å². The van der Waals surface area contributed by atoms with Crippen LogP contribution < -0.4 is 10.2 Å².